The van der Waals surface area contributed by atoms with E-state index in [0.29, 0.717) is 38.8 Å². The Kier molecular flexibility index (Phi) is 18.1. The van der Waals surface area contributed by atoms with Crippen molar-refractivity contribution < 1.29 is 38.7 Å². The molecule has 0 spiro atoms. The van der Waals surface area contributed by atoms with Crippen LogP contribution >= 0.6 is 0 Å². The Morgan fingerprint density at radius 3 is 2.13 bits per heavy atom. The zero-order valence-corrected chi connectivity index (χ0v) is 29.5. The number of hydrogen-bond acceptors (Lipinski definition) is 16. The Bertz CT molecular complexity index is 1440. The van der Waals surface area contributed by atoms with Crippen LogP contribution in [0.2, 0.25) is 0 Å². The van der Waals surface area contributed by atoms with Gasteiger partial charge in [-0.15, -0.1) is 0 Å². The van der Waals surface area contributed by atoms with Crippen LogP contribution in [0.3, 0.4) is 0 Å². The molecule has 0 aromatic heterocycles. The van der Waals surface area contributed by atoms with Gasteiger partial charge in [0.05, 0.1) is 5.70 Å². The average Bonchev–Trinajstić information content (AvgIpc) is 3.09. The van der Waals surface area contributed by atoms with Crippen LogP contribution in [0.4, 0.5) is 0 Å². The van der Waals surface area contributed by atoms with Gasteiger partial charge >= 0.3 is 0 Å². The third-order valence-corrected chi connectivity index (χ3v) is 7.86. The van der Waals surface area contributed by atoms with E-state index in [0.717, 1.165) is 12.3 Å². The van der Waals surface area contributed by atoms with Crippen molar-refractivity contribution in [1.82, 2.24) is 42.5 Å². The fraction of sp³-hybridized carbons (Fsp3) is 0.600. The number of nitrogens with one attached hydrogen (secondary N) is 8. The molecule has 7 atom stereocenters. The minimum Gasteiger partial charge on any atom is -0.403 e. The van der Waals surface area contributed by atoms with Gasteiger partial charge in [-0.1, -0.05) is 0 Å². The van der Waals surface area contributed by atoms with Crippen LogP contribution in [0.1, 0.15) is 45.4 Å². The molecule has 296 valence electrons. The molecule has 0 aromatic rings. The Morgan fingerprint density at radius 1 is 0.925 bits per heavy atom. The minimum absolute atomic E-state index is 0.118. The molecule has 2 aliphatic heterocycles. The van der Waals surface area contributed by atoms with Crippen molar-refractivity contribution in [2.75, 3.05) is 26.2 Å². The standard InChI is InChI=1S/C30H53N15O8/c1-14-25(49)42-20(12-37-21(46)8-15(34)4-2-6-31)28(52)41-18(11-33)26(50)45-24(17-10-23(48)44-30(36)43-17)29(53)38-13-19(27(51)39-14)40-22(47)9-16(35)5-3-7-32/h10-11,14-16,19-20,23-24,48H,2-9,12-13,31-35H2,1H3,(H,37,46)(H,38,53)(H,39,51)(H,40,47)(H,41,52)(H,42,49)(H,45,50)(H3,36,43,44)/b18-11-/t14-,15-,16-,19-,20-,23+,24-/m0/s1. The maximum absolute atomic E-state index is 13.6. The zero-order chi connectivity index (χ0) is 39.7. The number of guanidine groups is 1. The fourth-order valence-electron chi connectivity index (χ4n) is 5.00. The lowest BCUT2D eigenvalue weighted by Crippen LogP contribution is -2.61. The van der Waals surface area contributed by atoms with E-state index in [-0.39, 0.29) is 24.5 Å². The van der Waals surface area contributed by atoms with Crippen LogP contribution in [-0.2, 0) is 33.6 Å². The lowest BCUT2D eigenvalue weighted by molar-refractivity contribution is -0.134. The monoisotopic (exact) mass is 751 g/mol. The van der Waals surface area contributed by atoms with Crippen LogP contribution in [0.5, 0.6) is 0 Å². The first kappa shape index (κ1) is 43.8. The number of rotatable bonds is 14. The van der Waals surface area contributed by atoms with Gasteiger partial charge in [-0.3, -0.25) is 33.6 Å². The van der Waals surface area contributed by atoms with E-state index in [1.54, 1.807) is 0 Å². The molecule has 21 N–H and O–H groups in total. The van der Waals surface area contributed by atoms with Crippen LogP contribution in [0, 0.1) is 0 Å². The third-order valence-electron chi connectivity index (χ3n) is 7.86. The van der Waals surface area contributed by atoms with E-state index in [1.165, 1.54) is 6.92 Å². The van der Waals surface area contributed by atoms with Gasteiger partial charge in [0.2, 0.25) is 35.4 Å². The Hall–Kier alpha value is -5.36. The Labute approximate surface area is 305 Å². The zero-order valence-electron chi connectivity index (χ0n) is 29.5. The topological polar surface area (TPSA) is 404 Å². The molecule has 23 heteroatoms. The fourth-order valence-corrected chi connectivity index (χ4v) is 5.00. The molecule has 1 saturated heterocycles. The molecular weight excluding hydrogens is 698 g/mol. The van der Waals surface area contributed by atoms with Crippen molar-refractivity contribution in [3.05, 3.63) is 23.7 Å². The summed E-state index contributed by atoms with van der Waals surface area (Å²) in [6.45, 7) is 0.968. The number of nitrogens with zero attached hydrogens (tertiary/aromatic N) is 1. The van der Waals surface area contributed by atoms with Gasteiger partial charge in [0.15, 0.2) is 12.2 Å². The summed E-state index contributed by atoms with van der Waals surface area (Å²) in [5, 5.41) is 29.6. The first-order valence-electron chi connectivity index (χ1n) is 17.0. The largest absolute Gasteiger partial charge is 0.403 e. The van der Waals surface area contributed by atoms with Gasteiger partial charge in [0, 0.05) is 44.2 Å². The summed E-state index contributed by atoms with van der Waals surface area (Å²) >= 11 is 0. The summed E-state index contributed by atoms with van der Waals surface area (Å²) in [5.41, 5.74) is 33.7. The number of amides is 7. The van der Waals surface area contributed by atoms with Gasteiger partial charge in [0.25, 0.3) is 5.91 Å². The third kappa shape index (κ3) is 15.0. The molecule has 0 bridgehead atoms. The molecule has 2 aliphatic rings. The number of hydrogen-bond donors (Lipinski definition) is 15. The summed E-state index contributed by atoms with van der Waals surface area (Å²) in [6.07, 6.45) is 1.98. The van der Waals surface area contributed by atoms with Crippen LogP contribution < -0.4 is 76.9 Å². The maximum Gasteiger partial charge on any atom is 0.270 e. The number of nitrogens with two attached hydrogens (primary N) is 6. The molecule has 0 aliphatic carbocycles. The van der Waals surface area contributed by atoms with Crippen molar-refractivity contribution in [2.45, 2.75) is 87.9 Å². The summed E-state index contributed by atoms with van der Waals surface area (Å²) in [6, 6.07) is -7.16. The molecule has 23 nitrogen and oxygen atoms in total. The summed E-state index contributed by atoms with van der Waals surface area (Å²) in [5.74, 6) is -6.44. The van der Waals surface area contributed by atoms with E-state index in [9.17, 15) is 38.7 Å². The number of aliphatic imine (C=N–C) groups is 1. The van der Waals surface area contributed by atoms with Gasteiger partial charge < -0.3 is 82.0 Å². The number of aliphatic hydroxyl groups is 1. The van der Waals surface area contributed by atoms with Gasteiger partial charge in [0.1, 0.15) is 29.9 Å². The Morgan fingerprint density at radius 2 is 1.55 bits per heavy atom. The molecule has 7 amide bonds. The molecule has 0 radical (unpaired) electrons. The smallest absolute Gasteiger partial charge is 0.270 e. The van der Waals surface area contributed by atoms with Crippen molar-refractivity contribution >= 4 is 47.3 Å². The van der Waals surface area contributed by atoms with E-state index < -0.39 is 103 Å². The first-order valence-corrected chi connectivity index (χ1v) is 17.0. The summed E-state index contributed by atoms with van der Waals surface area (Å²) < 4.78 is 0. The van der Waals surface area contributed by atoms with Crippen molar-refractivity contribution in [3.8, 4) is 0 Å². The molecule has 2 heterocycles. The van der Waals surface area contributed by atoms with Crippen molar-refractivity contribution in [2.24, 2.45) is 39.4 Å². The second kappa shape index (κ2) is 21.9. The lowest BCUT2D eigenvalue weighted by Gasteiger charge is -2.28. The number of carbonyl (C=O) groups is 7. The Balaban J connectivity index is 2.46. The number of carbonyl (C=O) groups excluding carboxylic acids is 7. The van der Waals surface area contributed by atoms with Crippen LogP contribution in [0.15, 0.2) is 28.7 Å². The second-order valence-electron chi connectivity index (χ2n) is 12.4. The maximum atomic E-state index is 13.6. The van der Waals surface area contributed by atoms with E-state index >= 15 is 0 Å². The van der Waals surface area contributed by atoms with Crippen molar-refractivity contribution in [3.63, 3.8) is 0 Å². The van der Waals surface area contributed by atoms with Crippen molar-refractivity contribution in [1.29, 1.82) is 0 Å². The predicted octanol–water partition coefficient (Wildman–Crippen LogP) is -7.86. The summed E-state index contributed by atoms with van der Waals surface area (Å²) in [7, 11) is 0. The SMILES string of the molecule is C[C@@H]1NC(=O)[C@@H](NC(=O)C[C@@H](N)CCCN)CNC(=O)[C@H](C2=C[C@@H](O)N=C(N)N2)NC(=O)/C(=C/N)NC(=O)[C@H](CNC(=O)C[C@@H](N)CCCN)NC1=O. The molecule has 0 unspecified atom stereocenters. The molecule has 53 heavy (non-hydrogen) atoms. The van der Waals surface area contributed by atoms with Crippen LogP contribution in [-0.4, -0.2) is 121 Å². The summed E-state index contributed by atoms with van der Waals surface area (Å²) in [4.78, 5) is 96.4. The molecular formula is C30H53N15O8. The van der Waals surface area contributed by atoms with Gasteiger partial charge in [-0.2, -0.15) is 0 Å². The average molecular weight is 752 g/mol. The molecule has 0 aromatic carbocycles. The molecule has 1 fully saturated rings. The lowest BCUT2D eigenvalue weighted by atomic mass is 10.1. The highest BCUT2D eigenvalue weighted by atomic mass is 16.3. The minimum atomic E-state index is -1.67. The molecule has 2 rings (SSSR count). The highest BCUT2D eigenvalue weighted by molar-refractivity contribution is 6.03. The normalized spacial score (nSPS) is 25.2. The van der Waals surface area contributed by atoms with Gasteiger partial charge in [-0.25, -0.2) is 4.99 Å². The van der Waals surface area contributed by atoms with E-state index in [1.807, 2.05) is 0 Å². The van der Waals surface area contributed by atoms with E-state index in [4.69, 9.17) is 34.4 Å². The van der Waals surface area contributed by atoms with Gasteiger partial charge in [-0.05, 0) is 51.8 Å². The molecule has 0 saturated carbocycles. The number of aliphatic hydroxyl groups excluding tert-OH is 1. The highest BCUT2D eigenvalue weighted by Gasteiger charge is 2.34. The predicted molar refractivity (Wildman–Crippen MR) is 190 cm³/mol. The highest BCUT2D eigenvalue weighted by Crippen LogP contribution is 2.09. The van der Waals surface area contributed by atoms with Crippen LogP contribution in [0.25, 0.3) is 0 Å². The first-order chi connectivity index (χ1) is 25.1. The second-order valence-corrected chi connectivity index (χ2v) is 12.4. The van der Waals surface area contributed by atoms with E-state index in [2.05, 4.69) is 47.5 Å². The quantitative estimate of drug-likeness (QED) is 0.0733.